The third kappa shape index (κ3) is 5.80. The van der Waals surface area contributed by atoms with Crippen molar-refractivity contribution in [3.05, 3.63) is 23.8 Å². The minimum Gasteiger partial charge on any atom is -0.364 e. The molecular weight excluding hydrogens is 143 g/mol. The van der Waals surface area contributed by atoms with Gasteiger partial charge in [-0.25, -0.2) is 4.39 Å². The quantitative estimate of drug-likeness (QED) is 0.623. The first-order valence-electron chi connectivity index (χ1n) is 3.84. The van der Waals surface area contributed by atoms with Gasteiger partial charge in [0, 0.05) is 6.42 Å². The van der Waals surface area contributed by atoms with Crippen molar-refractivity contribution in [3.63, 3.8) is 0 Å². The lowest BCUT2D eigenvalue weighted by molar-refractivity contribution is 0.0436. The van der Waals surface area contributed by atoms with Gasteiger partial charge in [0.2, 0.25) is 0 Å². The maximum absolute atomic E-state index is 12.1. The minimum absolute atomic E-state index is 0.0954. The van der Waals surface area contributed by atoms with Crippen molar-refractivity contribution in [1.82, 2.24) is 0 Å². The molecule has 0 amide bonds. The number of halogens is 1. The Bertz CT molecular complexity index is 148. The summed E-state index contributed by atoms with van der Waals surface area (Å²) in [5.41, 5.74) is 0.852. The van der Waals surface area contributed by atoms with Gasteiger partial charge >= 0.3 is 0 Å². The summed E-state index contributed by atoms with van der Waals surface area (Å²) in [6, 6.07) is 0. The average molecular weight is 158 g/mol. The molecule has 0 aromatic rings. The lowest BCUT2D eigenvalue weighted by Gasteiger charge is -2.01. The molecule has 0 aromatic heterocycles. The molecule has 0 saturated carbocycles. The van der Waals surface area contributed by atoms with Crippen molar-refractivity contribution < 1.29 is 9.50 Å². The van der Waals surface area contributed by atoms with Crippen LogP contribution in [0.15, 0.2) is 23.8 Å². The highest BCUT2D eigenvalue weighted by Crippen LogP contribution is 2.08. The van der Waals surface area contributed by atoms with Gasteiger partial charge in [-0.1, -0.05) is 25.2 Å². The van der Waals surface area contributed by atoms with Crippen LogP contribution in [0.4, 0.5) is 4.39 Å². The Morgan fingerprint density at radius 2 is 2.27 bits per heavy atom. The Labute approximate surface area is 67.2 Å². The molecule has 0 rings (SSSR count). The van der Waals surface area contributed by atoms with Crippen LogP contribution >= 0.6 is 0 Å². The van der Waals surface area contributed by atoms with Crippen molar-refractivity contribution in [1.29, 1.82) is 0 Å². The molecule has 0 saturated heterocycles. The fourth-order valence-corrected chi connectivity index (χ4v) is 0.890. The normalized spacial score (nSPS) is 15.8. The molecule has 1 unspecified atom stereocenters. The summed E-state index contributed by atoms with van der Waals surface area (Å²) in [6.45, 7) is 3.85. The molecule has 0 bridgehead atoms. The molecule has 0 radical (unpaired) electrons. The summed E-state index contributed by atoms with van der Waals surface area (Å²) < 4.78 is 12.1. The van der Waals surface area contributed by atoms with Crippen LogP contribution in [0.5, 0.6) is 0 Å². The first-order chi connectivity index (χ1) is 5.20. The van der Waals surface area contributed by atoms with Gasteiger partial charge < -0.3 is 5.11 Å². The predicted octanol–water partition coefficient (Wildman–Crippen LogP) is 2.58. The second-order valence-corrected chi connectivity index (χ2v) is 2.33. The molecule has 64 valence electrons. The summed E-state index contributed by atoms with van der Waals surface area (Å²) >= 11 is 0. The summed E-state index contributed by atoms with van der Waals surface area (Å²) in [5, 5.41) is 8.43. The van der Waals surface area contributed by atoms with Crippen molar-refractivity contribution in [3.8, 4) is 0 Å². The number of rotatable bonds is 4. The van der Waals surface area contributed by atoms with Gasteiger partial charge in [0.25, 0.3) is 0 Å². The highest BCUT2D eigenvalue weighted by atomic mass is 19.1. The lowest BCUT2D eigenvalue weighted by atomic mass is 10.1. The van der Waals surface area contributed by atoms with Crippen molar-refractivity contribution in [2.24, 2.45) is 0 Å². The first kappa shape index (κ1) is 10.4. The summed E-state index contributed by atoms with van der Waals surface area (Å²) in [4.78, 5) is 0. The average Bonchev–Trinajstić information content (AvgIpc) is 1.87. The Morgan fingerprint density at radius 3 is 2.64 bits per heavy atom. The molecule has 11 heavy (non-hydrogen) atoms. The SMILES string of the molecule is C/C=C\C(=C/CC)CC(O)F. The maximum Gasteiger partial charge on any atom is 0.200 e. The third-order valence-corrected chi connectivity index (χ3v) is 1.25. The van der Waals surface area contributed by atoms with Crippen molar-refractivity contribution in [2.45, 2.75) is 33.0 Å². The number of alkyl halides is 1. The van der Waals surface area contributed by atoms with Crippen LogP contribution in [-0.4, -0.2) is 11.5 Å². The van der Waals surface area contributed by atoms with E-state index in [4.69, 9.17) is 5.11 Å². The Morgan fingerprint density at radius 1 is 1.64 bits per heavy atom. The predicted molar refractivity (Wildman–Crippen MR) is 44.9 cm³/mol. The van der Waals surface area contributed by atoms with E-state index in [2.05, 4.69) is 0 Å². The number of aliphatic hydroxyl groups is 1. The highest BCUT2D eigenvalue weighted by Gasteiger charge is 2.00. The standard InChI is InChI=1S/C9H15FO/c1-3-5-8(6-4-2)7-9(10)11/h3,5-6,9,11H,4,7H2,1-2H3/b5-3-,8-6+. The van der Waals surface area contributed by atoms with E-state index in [0.717, 1.165) is 12.0 Å². The molecule has 0 aromatic carbocycles. The van der Waals surface area contributed by atoms with E-state index in [1.54, 1.807) is 0 Å². The third-order valence-electron chi connectivity index (χ3n) is 1.25. The molecule has 0 aliphatic heterocycles. The molecular formula is C9H15FO. The van der Waals surface area contributed by atoms with Crippen molar-refractivity contribution >= 4 is 0 Å². The molecule has 2 heteroatoms. The first-order valence-corrected chi connectivity index (χ1v) is 3.84. The van der Waals surface area contributed by atoms with E-state index in [-0.39, 0.29) is 6.42 Å². The minimum atomic E-state index is -1.73. The van der Waals surface area contributed by atoms with Crippen LogP contribution in [0.2, 0.25) is 0 Å². The molecule has 0 aliphatic carbocycles. The van der Waals surface area contributed by atoms with Gasteiger partial charge in [0.15, 0.2) is 6.36 Å². The fraction of sp³-hybridized carbons (Fsp3) is 0.556. The van der Waals surface area contributed by atoms with Gasteiger partial charge in [-0.15, -0.1) is 0 Å². The Hall–Kier alpha value is -0.630. The number of hydrogen-bond donors (Lipinski definition) is 1. The summed E-state index contributed by atoms with van der Waals surface area (Å²) in [5.74, 6) is 0. The molecule has 0 fully saturated rings. The zero-order valence-electron chi connectivity index (χ0n) is 7.05. The summed E-state index contributed by atoms with van der Waals surface area (Å²) in [6.07, 6.45) is 4.78. The monoisotopic (exact) mass is 158 g/mol. The largest absolute Gasteiger partial charge is 0.364 e. The van der Waals surface area contributed by atoms with E-state index < -0.39 is 6.36 Å². The molecule has 1 atom stereocenters. The van der Waals surface area contributed by atoms with E-state index in [0.29, 0.717) is 0 Å². The topological polar surface area (TPSA) is 20.2 Å². The number of hydrogen-bond acceptors (Lipinski definition) is 1. The molecule has 1 N–H and O–H groups in total. The van der Waals surface area contributed by atoms with Gasteiger partial charge in [-0.05, 0) is 18.9 Å². The maximum atomic E-state index is 12.1. The van der Waals surface area contributed by atoms with Crippen LogP contribution in [0, 0.1) is 0 Å². The van der Waals surface area contributed by atoms with Crippen LogP contribution in [0.3, 0.4) is 0 Å². The van der Waals surface area contributed by atoms with E-state index in [9.17, 15) is 4.39 Å². The van der Waals surface area contributed by atoms with Crippen LogP contribution in [0.25, 0.3) is 0 Å². The van der Waals surface area contributed by atoms with Gasteiger partial charge in [-0.2, -0.15) is 0 Å². The second kappa shape index (κ2) is 6.10. The van der Waals surface area contributed by atoms with Crippen LogP contribution in [-0.2, 0) is 0 Å². The van der Waals surface area contributed by atoms with Gasteiger partial charge in [-0.3, -0.25) is 0 Å². The smallest absolute Gasteiger partial charge is 0.200 e. The Kier molecular flexibility index (Phi) is 5.75. The van der Waals surface area contributed by atoms with E-state index >= 15 is 0 Å². The van der Waals surface area contributed by atoms with Crippen LogP contribution < -0.4 is 0 Å². The number of allylic oxidation sites excluding steroid dienone is 3. The van der Waals surface area contributed by atoms with Crippen molar-refractivity contribution in [2.75, 3.05) is 0 Å². The molecule has 1 nitrogen and oxygen atoms in total. The molecule has 0 spiro atoms. The zero-order chi connectivity index (χ0) is 8.69. The lowest BCUT2D eigenvalue weighted by Crippen LogP contribution is -1.97. The van der Waals surface area contributed by atoms with E-state index in [1.165, 1.54) is 0 Å². The molecule has 0 heterocycles. The van der Waals surface area contributed by atoms with E-state index in [1.807, 2.05) is 32.1 Å². The Balaban J connectivity index is 4.00. The molecule has 0 aliphatic rings. The van der Waals surface area contributed by atoms with Crippen LogP contribution in [0.1, 0.15) is 26.7 Å². The zero-order valence-corrected chi connectivity index (χ0v) is 7.05. The summed E-state index contributed by atoms with van der Waals surface area (Å²) in [7, 11) is 0. The number of aliphatic hydroxyl groups excluding tert-OH is 1. The van der Waals surface area contributed by atoms with Gasteiger partial charge in [0.1, 0.15) is 0 Å². The fourth-order valence-electron chi connectivity index (χ4n) is 0.890. The van der Waals surface area contributed by atoms with Gasteiger partial charge in [0.05, 0.1) is 0 Å². The highest BCUT2D eigenvalue weighted by molar-refractivity contribution is 5.18. The second-order valence-electron chi connectivity index (χ2n) is 2.33.